The minimum Gasteiger partial charge on any atom is -0.289 e. The average Bonchev–Trinajstić information content (AvgIpc) is 3.21. The third kappa shape index (κ3) is 2.23. The second-order valence-corrected chi connectivity index (χ2v) is 7.39. The fourth-order valence-electron chi connectivity index (χ4n) is 4.69. The van der Waals surface area contributed by atoms with E-state index in [0.29, 0.717) is 0 Å². The van der Waals surface area contributed by atoms with Crippen molar-refractivity contribution in [3.05, 3.63) is 142 Å². The van der Waals surface area contributed by atoms with E-state index in [2.05, 4.69) is 78.9 Å². The number of benzene rings is 3. The largest absolute Gasteiger partial charge is 0.289 e. The van der Waals surface area contributed by atoms with Gasteiger partial charge in [-0.15, -0.1) is 0 Å². The Labute approximate surface area is 165 Å². The van der Waals surface area contributed by atoms with Crippen LogP contribution >= 0.6 is 0 Å². The van der Waals surface area contributed by atoms with Crippen molar-refractivity contribution in [1.82, 2.24) is 0 Å². The smallest absolute Gasteiger partial charge is 0.193 e. The highest BCUT2D eigenvalue weighted by atomic mass is 16.1. The summed E-state index contributed by atoms with van der Waals surface area (Å²) in [4.78, 5) is 13.0. The number of hydrogen-bond donors (Lipinski definition) is 0. The van der Waals surface area contributed by atoms with E-state index in [0.717, 1.165) is 22.3 Å². The highest BCUT2D eigenvalue weighted by Gasteiger charge is 2.46. The molecule has 2 aliphatic rings. The number of Topliss-reactive ketones (excluding diaryl/α,β-unsaturated/α-hetero) is 1. The van der Waals surface area contributed by atoms with Crippen molar-refractivity contribution in [2.24, 2.45) is 0 Å². The molecular formula is C27H20O. The number of hydrogen-bond acceptors (Lipinski definition) is 1. The third-order valence-corrected chi connectivity index (χ3v) is 5.85. The molecule has 0 heterocycles. The monoisotopic (exact) mass is 360 g/mol. The van der Waals surface area contributed by atoms with Crippen LogP contribution in [-0.4, -0.2) is 5.78 Å². The first-order valence-electron chi connectivity index (χ1n) is 9.59. The number of carbonyl (C=O) groups excluding carboxylic acids is 1. The lowest BCUT2D eigenvalue weighted by Crippen LogP contribution is -2.32. The van der Waals surface area contributed by atoms with E-state index in [-0.39, 0.29) is 5.78 Å². The maximum atomic E-state index is 13.0. The van der Waals surface area contributed by atoms with Crippen LogP contribution < -0.4 is 0 Å². The van der Waals surface area contributed by atoms with E-state index in [1.165, 1.54) is 16.7 Å². The Bertz CT molecular complexity index is 1050. The molecule has 134 valence electrons. The number of ketones is 1. The van der Waals surface area contributed by atoms with Gasteiger partial charge in [0.25, 0.3) is 0 Å². The Morgan fingerprint density at radius 2 is 1.04 bits per heavy atom. The van der Waals surface area contributed by atoms with Gasteiger partial charge < -0.3 is 0 Å². The average molecular weight is 360 g/mol. The topological polar surface area (TPSA) is 17.1 Å². The molecule has 3 aromatic rings. The van der Waals surface area contributed by atoms with Crippen molar-refractivity contribution in [2.75, 3.05) is 0 Å². The number of rotatable bonds is 4. The first kappa shape index (κ1) is 16.7. The minimum atomic E-state index is -0.536. The van der Waals surface area contributed by atoms with Gasteiger partial charge in [0.2, 0.25) is 0 Å². The lowest BCUT2D eigenvalue weighted by molar-refractivity contribution is -0.111. The fraction of sp³-hybridized carbons (Fsp3) is 0.0741. The van der Waals surface area contributed by atoms with Crippen LogP contribution in [0.2, 0.25) is 0 Å². The summed E-state index contributed by atoms with van der Waals surface area (Å²) in [6.45, 7) is 2.04. The summed E-state index contributed by atoms with van der Waals surface area (Å²) in [6.07, 6.45) is 4.10. The minimum absolute atomic E-state index is 0.152. The van der Waals surface area contributed by atoms with E-state index in [9.17, 15) is 4.79 Å². The van der Waals surface area contributed by atoms with Gasteiger partial charge in [-0.05, 0) is 46.9 Å². The molecular weight excluding hydrogens is 340 g/mol. The Balaban J connectivity index is 1.95. The SMILES string of the molecule is CC1=CC2=CC(C(c3ccccc3)(c3ccccc3)c3ccccc3)=C1C2=O. The zero-order chi connectivity index (χ0) is 19.1. The molecule has 5 rings (SSSR count). The maximum absolute atomic E-state index is 13.0. The van der Waals surface area contributed by atoms with Crippen LogP contribution in [0, 0.1) is 0 Å². The molecule has 0 saturated heterocycles. The summed E-state index contributed by atoms with van der Waals surface area (Å²) in [6, 6.07) is 31.6. The fourth-order valence-corrected chi connectivity index (χ4v) is 4.69. The summed E-state index contributed by atoms with van der Waals surface area (Å²) in [5.41, 5.74) is 6.76. The van der Waals surface area contributed by atoms with Crippen molar-refractivity contribution < 1.29 is 4.79 Å². The van der Waals surface area contributed by atoms with Gasteiger partial charge in [0.05, 0.1) is 5.41 Å². The van der Waals surface area contributed by atoms with Crippen LogP contribution in [0.1, 0.15) is 23.6 Å². The van der Waals surface area contributed by atoms with Gasteiger partial charge in [0.15, 0.2) is 5.78 Å². The van der Waals surface area contributed by atoms with E-state index < -0.39 is 5.41 Å². The molecule has 28 heavy (non-hydrogen) atoms. The predicted molar refractivity (Wildman–Crippen MR) is 113 cm³/mol. The molecule has 0 N–H and O–H groups in total. The van der Waals surface area contributed by atoms with Crippen molar-refractivity contribution in [3.63, 3.8) is 0 Å². The maximum Gasteiger partial charge on any atom is 0.193 e. The summed E-state index contributed by atoms with van der Waals surface area (Å²) in [5, 5.41) is 0. The molecule has 0 unspecified atom stereocenters. The summed E-state index contributed by atoms with van der Waals surface area (Å²) in [7, 11) is 0. The van der Waals surface area contributed by atoms with Gasteiger partial charge in [-0.25, -0.2) is 0 Å². The van der Waals surface area contributed by atoms with Crippen molar-refractivity contribution in [3.8, 4) is 0 Å². The first-order chi connectivity index (χ1) is 13.7. The van der Waals surface area contributed by atoms with Crippen molar-refractivity contribution >= 4 is 5.78 Å². The molecule has 0 amide bonds. The quantitative estimate of drug-likeness (QED) is 0.539. The molecule has 2 bridgehead atoms. The zero-order valence-corrected chi connectivity index (χ0v) is 15.7. The van der Waals surface area contributed by atoms with Gasteiger partial charge in [-0.2, -0.15) is 0 Å². The van der Waals surface area contributed by atoms with Crippen LogP contribution in [0.3, 0.4) is 0 Å². The Morgan fingerprint density at radius 1 is 0.607 bits per heavy atom. The summed E-state index contributed by atoms with van der Waals surface area (Å²) in [5.74, 6) is 0.152. The normalized spacial score (nSPS) is 15.7. The molecule has 3 aromatic carbocycles. The Kier molecular flexibility index (Phi) is 3.77. The summed E-state index contributed by atoms with van der Waals surface area (Å²) >= 11 is 0. The van der Waals surface area contributed by atoms with Crippen molar-refractivity contribution in [2.45, 2.75) is 12.3 Å². The molecule has 0 spiro atoms. The van der Waals surface area contributed by atoms with Crippen LogP contribution in [0.4, 0.5) is 0 Å². The first-order valence-corrected chi connectivity index (χ1v) is 9.59. The molecule has 1 nitrogen and oxygen atoms in total. The third-order valence-electron chi connectivity index (χ3n) is 5.85. The molecule has 0 radical (unpaired) electrons. The van der Waals surface area contributed by atoms with Gasteiger partial charge in [-0.3, -0.25) is 4.79 Å². The molecule has 0 aliphatic heterocycles. The van der Waals surface area contributed by atoms with Crippen LogP contribution in [-0.2, 0) is 10.2 Å². The Morgan fingerprint density at radius 3 is 1.39 bits per heavy atom. The standard InChI is InChI=1S/C27H20O/c1-19-17-20-18-24(25(19)26(20)28)27(21-11-5-2-6-12-21,22-13-7-3-8-14-22)23-15-9-4-10-16-23/h2-18H,1H3. The van der Waals surface area contributed by atoms with Gasteiger partial charge in [0.1, 0.15) is 0 Å². The second kappa shape index (κ2) is 6.31. The highest BCUT2D eigenvalue weighted by molar-refractivity contribution is 6.20. The molecule has 1 heteroatoms. The lowest BCUT2D eigenvalue weighted by atomic mass is 9.63. The van der Waals surface area contributed by atoms with Crippen LogP contribution in [0.5, 0.6) is 0 Å². The second-order valence-electron chi connectivity index (χ2n) is 7.39. The number of allylic oxidation sites excluding steroid dienone is 6. The Hall–Kier alpha value is -3.45. The van der Waals surface area contributed by atoms with Crippen LogP contribution in [0.25, 0.3) is 0 Å². The van der Waals surface area contributed by atoms with E-state index in [4.69, 9.17) is 0 Å². The van der Waals surface area contributed by atoms with Crippen molar-refractivity contribution in [1.29, 1.82) is 0 Å². The molecule has 0 aromatic heterocycles. The predicted octanol–water partition coefficient (Wildman–Crippen LogP) is 5.79. The lowest BCUT2D eigenvalue weighted by Gasteiger charge is -2.38. The zero-order valence-electron chi connectivity index (χ0n) is 15.7. The van der Waals surface area contributed by atoms with E-state index in [1.807, 2.05) is 31.2 Å². The molecule has 2 aliphatic carbocycles. The van der Waals surface area contributed by atoms with E-state index >= 15 is 0 Å². The molecule has 0 saturated carbocycles. The van der Waals surface area contributed by atoms with Gasteiger partial charge >= 0.3 is 0 Å². The molecule has 0 atom stereocenters. The van der Waals surface area contributed by atoms with E-state index in [1.54, 1.807) is 0 Å². The highest BCUT2D eigenvalue weighted by Crippen LogP contribution is 2.52. The number of fused-ring (bicyclic) bond motifs is 2. The summed E-state index contributed by atoms with van der Waals surface area (Å²) < 4.78 is 0. The number of carbonyl (C=O) groups is 1. The van der Waals surface area contributed by atoms with Gasteiger partial charge in [0, 0.05) is 11.1 Å². The van der Waals surface area contributed by atoms with Gasteiger partial charge in [-0.1, -0.05) is 91.0 Å². The molecule has 0 fully saturated rings. The van der Waals surface area contributed by atoms with Crippen LogP contribution in [0.15, 0.2) is 125 Å².